The SMILES string of the molecule is C[C@@H](NC(=O)OCC1CN(c2ccccc2)CC1c1ccccc1)c1cccc2ccccc12. The molecule has 1 amide bonds. The Morgan fingerprint density at radius 3 is 2.35 bits per heavy atom. The smallest absolute Gasteiger partial charge is 0.407 e. The monoisotopic (exact) mass is 450 g/mol. The number of para-hydroxylation sites is 1. The fraction of sp³-hybridized carbons (Fsp3) is 0.233. The molecule has 0 bridgehead atoms. The van der Waals surface area contributed by atoms with Gasteiger partial charge in [-0.2, -0.15) is 0 Å². The van der Waals surface area contributed by atoms with Crippen LogP contribution in [0.25, 0.3) is 10.8 Å². The Balaban J connectivity index is 1.26. The fourth-order valence-electron chi connectivity index (χ4n) is 5.07. The maximum atomic E-state index is 12.8. The first-order valence-corrected chi connectivity index (χ1v) is 11.9. The Bertz CT molecular complexity index is 1240. The molecule has 0 radical (unpaired) electrons. The summed E-state index contributed by atoms with van der Waals surface area (Å²) in [4.78, 5) is 15.2. The van der Waals surface area contributed by atoms with Crippen molar-refractivity contribution in [2.24, 2.45) is 5.92 Å². The molecule has 172 valence electrons. The molecule has 0 aliphatic carbocycles. The predicted molar refractivity (Wildman–Crippen MR) is 138 cm³/mol. The summed E-state index contributed by atoms with van der Waals surface area (Å²) >= 11 is 0. The molecule has 1 fully saturated rings. The summed E-state index contributed by atoms with van der Waals surface area (Å²) in [6.45, 7) is 4.16. The van der Waals surface area contributed by atoms with E-state index >= 15 is 0 Å². The maximum absolute atomic E-state index is 12.8. The number of carbonyl (C=O) groups is 1. The molecule has 4 nitrogen and oxygen atoms in total. The van der Waals surface area contributed by atoms with Crippen LogP contribution in [0, 0.1) is 5.92 Å². The highest BCUT2D eigenvalue weighted by molar-refractivity contribution is 5.86. The van der Waals surface area contributed by atoms with Gasteiger partial charge in [-0.05, 0) is 41.0 Å². The third-order valence-electron chi connectivity index (χ3n) is 6.84. The third-order valence-corrected chi connectivity index (χ3v) is 6.84. The van der Waals surface area contributed by atoms with Crippen LogP contribution < -0.4 is 10.2 Å². The van der Waals surface area contributed by atoms with Crippen molar-refractivity contribution in [1.82, 2.24) is 5.32 Å². The Kier molecular flexibility index (Phi) is 6.48. The topological polar surface area (TPSA) is 41.6 Å². The van der Waals surface area contributed by atoms with E-state index in [1.807, 2.05) is 37.3 Å². The van der Waals surface area contributed by atoms with Crippen molar-refractivity contribution in [3.05, 3.63) is 114 Å². The molecule has 0 aromatic heterocycles. The number of alkyl carbamates (subject to hydrolysis) is 1. The van der Waals surface area contributed by atoms with Crippen LogP contribution in [0.1, 0.15) is 30.0 Å². The Morgan fingerprint density at radius 1 is 0.882 bits per heavy atom. The van der Waals surface area contributed by atoms with Crippen molar-refractivity contribution >= 4 is 22.6 Å². The van der Waals surface area contributed by atoms with Crippen molar-refractivity contribution in [2.75, 3.05) is 24.6 Å². The molecule has 2 unspecified atom stereocenters. The maximum Gasteiger partial charge on any atom is 0.407 e. The Labute approximate surface area is 201 Å². The second kappa shape index (κ2) is 10.0. The number of rotatable bonds is 6. The molecule has 1 aliphatic rings. The lowest BCUT2D eigenvalue weighted by Crippen LogP contribution is -2.30. The summed E-state index contributed by atoms with van der Waals surface area (Å²) < 4.78 is 5.79. The van der Waals surface area contributed by atoms with Gasteiger partial charge in [0.15, 0.2) is 0 Å². The van der Waals surface area contributed by atoms with E-state index in [4.69, 9.17) is 4.74 Å². The van der Waals surface area contributed by atoms with Gasteiger partial charge in [0.1, 0.15) is 0 Å². The summed E-state index contributed by atoms with van der Waals surface area (Å²) in [5.74, 6) is 0.533. The zero-order valence-corrected chi connectivity index (χ0v) is 19.4. The van der Waals surface area contributed by atoms with Crippen LogP contribution in [-0.4, -0.2) is 25.8 Å². The number of hydrogen-bond donors (Lipinski definition) is 1. The van der Waals surface area contributed by atoms with E-state index in [1.165, 1.54) is 16.6 Å². The number of fused-ring (bicyclic) bond motifs is 1. The Morgan fingerprint density at radius 2 is 1.56 bits per heavy atom. The third kappa shape index (κ3) is 4.76. The first-order chi connectivity index (χ1) is 16.7. The largest absolute Gasteiger partial charge is 0.449 e. The number of anilines is 1. The van der Waals surface area contributed by atoms with E-state index in [0.29, 0.717) is 12.5 Å². The highest BCUT2D eigenvalue weighted by Gasteiger charge is 2.35. The number of hydrogen-bond acceptors (Lipinski definition) is 3. The Hall–Kier alpha value is -3.79. The van der Waals surface area contributed by atoms with Gasteiger partial charge >= 0.3 is 6.09 Å². The van der Waals surface area contributed by atoms with Gasteiger partial charge in [-0.3, -0.25) is 0 Å². The normalized spacial score (nSPS) is 18.6. The molecule has 4 aromatic rings. The summed E-state index contributed by atoms with van der Waals surface area (Å²) in [7, 11) is 0. The number of ether oxygens (including phenoxy) is 1. The number of carbonyl (C=O) groups excluding carboxylic acids is 1. The summed E-state index contributed by atoms with van der Waals surface area (Å²) in [6.07, 6.45) is -0.370. The molecular formula is C30H30N2O2. The molecule has 5 rings (SSSR count). The summed E-state index contributed by atoms with van der Waals surface area (Å²) in [6, 6.07) is 35.3. The van der Waals surface area contributed by atoms with Gasteiger partial charge < -0.3 is 15.0 Å². The fourth-order valence-corrected chi connectivity index (χ4v) is 5.07. The molecule has 4 heteroatoms. The lowest BCUT2D eigenvalue weighted by atomic mass is 9.89. The van der Waals surface area contributed by atoms with Gasteiger partial charge in [-0.1, -0.05) is 91.0 Å². The first-order valence-electron chi connectivity index (χ1n) is 11.9. The quantitative estimate of drug-likeness (QED) is 0.362. The van der Waals surface area contributed by atoms with Gasteiger partial charge in [-0.25, -0.2) is 4.79 Å². The predicted octanol–water partition coefficient (Wildman–Crippen LogP) is 6.55. The van der Waals surface area contributed by atoms with E-state index < -0.39 is 0 Å². The van der Waals surface area contributed by atoms with Gasteiger partial charge in [-0.15, -0.1) is 0 Å². The van der Waals surface area contributed by atoms with Gasteiger partial charge in [0.25, 0.3) is 0 Å². The standard InChI is InChI=1S/C30H30N2O2/c1-22(27-18-10-14-23-13-8-9-17-28(23)27)31-30(33)34-21-25-19-32(26-15-6-3-7-16-26)20-29(25)24-11-4-2-5-12-24/h2-18,22,25,29H,19-21H2,1H3,(H,31,33)/t22-,25?,29?/m1/s1. The highest BCUT2D eigenvalue weighted by atomic mass is 16.5. The highest BCUT2D eigenvalue weighted by Crippen LogP contribution is 2.35. The van der Waals surface area contributed by atoms with Crippen molar-refractivity contribution in [3.8, 4) is 0 Å². The lowest BCUT2D eigenvalue weighted by molar-refractivity contribution is 0.124. The number of nitrogens with one attached hydrogen (secondary N) is 1. The van der Waals surface area contributed by atoms with Crippen molar-refractivity contribution in [2.45, 2.75) is 18.9 Å². The number of benzene rings is 4. The van der Waals surface area contributed by atoms with Crippen LogP contribution in [0.5, 0.6) is 0 Å². The minimum atomic E-state index is -0.370. The van der Waals surface area contributed by atoms with E-state index in [1.54, 1.807) is 0 Å². The number of amides is 1. The van der Waals surface area contributed by atoms with Crippen LogP contribution >= 0.6 is 0 Å². The van der Waals surface area contributed by atoms with Crippen LogP contribution in [0.2, 0.25) is 0 Å². The average molecular weight is 451 g/mol. The zero-order valence-electron chi connectivity index (χ0n) is 19.4. The molecule has 0 saturated carbocycles. The molecule has 0 spiro atoms. The van der Waals surface area contributed by atoms with Crippen LogP contribution in [0.15, 0.2) is 103 Å². The van der Waals surface area contributed by atoms with Crippen molar-refractivity contribution < 1.29 is 9.53 Å². The molecule has 1 aliphatic heterocycles. The molecule has 3 atom stereocenters. The van der Waals surface area contributed by atoms with Crippen LogP contribution in [-0.2, 0) is 4.74 Å². The van der Waals surface area contributed by atoms with E-state index in [0.717, 1.165) is 24.0 Å². The summed E-state index contributed by atoms with van der Waals surface area (Å²) in [5.41, 5.74) is 3.59. The van der Waals surface area contributed by atoms with Crippen LogP contribution in [0.4, 0.5) is 10.5 Å². The zero-order chi connectivity index (χ0) is 23.3. The second-order valence-corrected chi connectivity index (χ2v) is 9.05. The average Bonchev–Trinajstić information content (AvgIpc) is 3.32. The van der Waals surface area contributed by atoms with E-state index in [-0.39, 0.29) is 18.1 Å². The van der Waals surface area contributed by atoms with Gasteiger partial charge in [0.05, 0.1) is 12.6 Å². The van der Waals surface area contributed by atoms with E-state index in [2.05, 4.69) is 83.0 Å². The van der Waals surface area contributed by atoms with Gasteiger partial charge in [0.2, 0.25) is 0 Å². The minimum absolute atomic E-state index is 0.145. The van der Waals surface area contributed by atoms with E-state index in [9.17, 15) is 4.79 Å². The molecular weight excluding hydrogens is 420 g/mol. The molecule has 34 heavy (non-hydrogen) atoms. The van der Waals surface area contributed by atoms with Crippen LogP contribution in [0.3, 0.4) is 0 Å². The number of nitrogens with zero attached hydrogens (tertiary/aromatic N) is 1. The minimum Gasteiger partial charge on any atom is -0.449 e. The second-order valence-electron chi connectivity index (χ2n) is 9.05. The summed E-state index contributed by atoms with van der Waals surface area (Å²) in [5, 5.41) is 5.35. The molecule has 1 heterocycles. The lowest BCUT2D eigenvalue weighted by Gasteiger charge is -2.20. The van der Waals surface area contributed by atoms with Crippen molar-refractivity contribution in [3.63, 3.8) is 0 Å². The first kappa shape index (κ1) is 22.0. The molecule has 1 N–H and O–H groups in total. The molecule has 1 saturated heterocycles. The molecule has 4 aromatic carbocycles. The van der Waals surface area contributed by atoms with Gasteiger partial charge in [0, 0.05) is 30.6 Å². The van der Waals surface area contributed by atoms with Crippen molar-refractivity contribution in [1.29, 1.82) is 0 Å².